The summed E-state index contributed by atoms with van der Waals surface area (Å²) in [6, 6.07) is 12.8. The number of benzene rings is 2. The summed E-state index contributed by atoms with van der Waals surface area (Å²) in [5.74, 6) is -0.834. The number of para-hydroxylation sites is 2. The van der Waals surface area contributed by atoms with E-state index in [1.165, 1.54) is 24.3 Å². The molecule has 2 aromatic carbocycles. The fraction of sp³-hybridized carbons (Fsp3) is 0.105. The maximum atomic E-state index is 13.8. The number of anilines is 1. The van der Waals surface area contributed by atoms with Gasteiger partial charge in [-0.25, -0.2) is 9.67 Å². The predicted molar refractivity (Wildman–Crippen MR) is 102 cm³/mol. The largest absolute Gasteiger partial charge is 0.434 e. The summed E-state index contributed by atoms with van der Waals surface area (Å²) in [4.78, 5) is 16.9. The Morgan fingerprint density at radius 3 is 2.45 bits per heavy atom. The van der Waals surface area contributed by atoms with E-state index in [1.807, 2.05) is 0 Å². The number of carbonyl (C=O) groups is 1. The van der Waals surface area contributed by atoms with E-state index in [-0.39, 0.29) is 11.6 Å². The van der Waals surface area contributed by atoms with E-state index in [1.54, 1.807) is 35.9 Å². The van der Waals surface area contributed by atoms with Crippen LogP contribution in [0.25, 0.3) is 16.7 Å². The molecule has 0 unspecified atom stereocenters. The van der Waals surface area contributed by atoms with E-state index in [0.29, 0.717) is 15.2 Å². The number of aromatic nitrogens is 4. The smallest absolute Gasteiger partial charge is 0.313 e. The summed E-state index contributed by atoms with van der Waals surface area (Å²) in [6.07, 6.45) is -3.93. The molecule has 0 fully saturated rings. The molecular weight excluding hydrogens is 407 g/mol. The van der Waals surface area contributed by atoms with Gasteiger partial charge >= 0.3 is 6.18 Å². The number of halogens is 4. The lowest BCUT2D eigenvalue weighted by Gasteiger charge is -2.13. The first-order valence-electron chi connectivity index (χ1n) is 8.39. The molecule has 0 atom stereocenters. The number of imidazole rings is 1. The van der Waals surface area contributed by atoms with Gasteiger partial charge in [0, 0.05) is 12.1 Å². The Morgan fingerprint density at radius 2 is 1.79 bits per heavy atom. The van der Waals surface area contributed by atoms with Gasteiger partial charge in [-0.15, -0.1) is 0 Å². The maximum absolute atomic E-state index is 13.8. The number of hydrogen-bond donors (Lipinski definition) is 1. The van der Waals surface area contributed by atoms with E-state index < -0.39 is 23.3 Å². The Kier molecular flexibility index (Phi) is 4.54. The minimum atomic E-state index is -4.81. The predicted octanol–water partition coefficient (Wildman–Crippen LogP) is 4.68. The number of nitrogens with one attached hydrogen (secondary N) is 1. The van der Waals surface area contributed by atoms with Gasteiger partial charge in [0.05, 0.1) is 28.5 Å². The molecule has 0 aliphatic heterocycles. The highest BCUT2D eigenvalue weighted by Crippen LogP contribution is 2.34. The Balaban J connectivity index is 1.75. The monoisotopic (exact) mass is 419 g/mol. The first kappa shape index (κ1) is 19.0. The van der Waals surface area contributed by atoms with Crippen LogP contribution < -0.4 is 5.32 Å². The number of aryl methyl sites for hydroxylation is 1. The molecule has 0 spiro atoms. The van der Waals surface area contributed by atoms with Gasteiger partial charge in [0.1, 0.15) is 0 Å². The molecule has 2 heterocycles. The zero-order valence-electron chi connectivity index (χ0n) is 14.9. The van der Waals surface area contributed by atoms with Crippen molar-refractivity contribution in [2.24, 2.45) is 7.05 Å². The number of alkyl halides is 3. The van der Waals surface area contributed by atoms with Gasteiger partial charge < -0.3 is 4.57 Å². The fourth-order valence-electron chi connectivity index (χ4n) is 2.99. The summed E-state index contributed by atoms with van der Waals surface area (Å²) >= 11 is 5.80. The van der Waals surface area contributed by atoms with E-state index in [4.69, 9.17) is 11.6 Å². The van der Waals surface area contributed by atoms with Crippen molar-refractivity contribution in [1.82, 2.24) is 19.3 Å². The molecule has 4 aromatic rings. The van der Waals surface area contributed by atoms with Crippen LogP contribution in [0.4, 0.5) is 19.1 Å². The van der Waals surface area contributed by atoms with Crippen LogP contribution in [0, 0.1) is 0 Å². The third-order valence-electron chi connectivity index (χ3n) is 4.37. The topological polar surface area (TPSA) is 64.7 Å². The fourth-order valence-corrected chi connectivity index (χ4v) is 3.12. The quantitative estimate of drug-likeness (QED) is 0.524. The molecule has 148 valence electrons. The molecule has 2 aromatic heterocycles. The molecule has 0 aliphatic carbocycles. The molecule has 0 saturated carbocycles. The SMILES string of the molecule is Cn1c(NC(=O)c2cnn(-c3ccc(Cl)cc3)c2C(F)(F)F)nc2ccccc21. The third-order valence-corrected chi connectivity index (χ3v) is 4.62. The number of rotatable bonds is 3. The summed E-state index contributed by atoms with van der Waals surface area (Å²) in [7, 11) is 1.66. The lowest BCUT2D eigenvalue weighted by Crippen LogP contribution is -2.21. The van der Waals surface area contributed by atoms with Crippen molar-refractivity contribution in [3.63, 3.8) is 0 Å². The molecule has 1 N–H and O–H groups in total. The molecule has 0 radical (unpaired) electrons. The summed E-state index contributed by atoms with van der Waals surface area (Å²) in [6.45, 7) is 0. The van der Waals surface area contributed by atoms with Crippen LogP contribution in [0.2, 0.25) is 5.02 Å². The van der Waals surface area contributed by atoms with Crippen molar-refractivity contribution in [2.75, 3.05) is 5.32 Å². The Morgan fingerprint density at radius 1 is 1.10 bits per heavy atom. The zero-order valence-corrected chi connectivity index (χ0v) is 15.7. The second-order valence-electron chi connectivity index (χ2n) is 6.23. The van der Waals surface area contributed by atoms with E-state index in [9.17, 15) is 18.0 Å². The zero-order chi connectivity index (χ0) is 20.8. The first-order valence-corrected chi connectivity index (χ1v) is 8.77. The number of fused-ring (bicyclic) bond motifs is 1. The molecule has 10 heteroatoms. The van der Waals surface area contributed by atoms with Crippen LogP contribution in [0.15, 0.2) is 54.7 Å². The van der Waals surface area contributed by atoms with Crippen LogP contribution in [-0.2, 0) is 13.2 Å². The van der Waals surface area contributed by atoms with Crippen molar-refractivity contribution in [3.8, 4) is 5.69 Å². The van der Waals surface area contributed by atoms with Gasteiger partial charge in [-0.2, -0.15) is 18.3 Å². The van der Waals surface area contributed by atoms with Gasteiger partial charge in [0.15, 0.2) is 5.69 Å². The molecule has 4 rings (SSSR count). The molecular formula is C19H13ClF3N5O. The van der Waals surface area contributed by atoms with Gasteiger partial charge in [0.25, 0.3) is 5.91 Å². The average molecular weight is 420 g/mol. The molecule has 0 aliphatic rings. The molecule has 1 amide bonds. The maximum Gasteiger partial charge on any atom is 0.434 e. The minimum Gasteiger partial charge on any atom is -0.313 e. The number of carbonyl (C=O) groups excluding carboxylic acids is 1. The lowest BCUT2D eigenvalue weighted by atomic mass is 10.2. The second-order valence-corrected chi connectivity index (χ2v) is 6.67. The van der Waals surface area contributed by atoms with Gasteiger partial charge in [-0.3, -0.25) is 10.1 Å². The van der Waals surface area contributed by atoms with E-state index >= 15 is 0 Å². The van der Waals surface area contributed by atoms with Crippen molar-refractivity contribution in [2.45, 2.75) is 6.18 Å². The number of amides is 1. The van der Waals surface area contributed by atoms with Gasteiger partial charge in [-0.1, -0.05) is 23.7 Å². The second kappa shape index (κ2) is 6.93. The Hall–Kier alpha value is -3.33. The number of hydrogen-bond acceptors (Lipinski definition) is 3. The van der Waals surface area contributed by atoms with Crippen LogP contribution >= 0.6 is 11.6 Å². The highest BCUT2D eigenvalue weighted by atomic mass is 35.5. The Labute approximate surface area is 167 Å². The summed E-state index contributed by atoms with van der Waals surface area (Å²) < 4.78 is 43.5. The third kappa shape index (κ3) is 3.44. The highest BCUT2D eigenvalue weighted by Gasteiger charge is 2.40. The van der Waals surface area contributed by atoms with Crippen molar-refractivity contribution < 1.29 is 18.0 Å². The van der Waals surface area contributed by atoms with Gasteiger partial charge in [-0.05, 0) is 36.4 Å². The standard InChI is InChI=1S/C19H13ClF3N5O/c1-27-15-5-3-2-4-14(15)25-18(27)26-17(29)13-10-24-28(16(13)19(21,22)23)12-8-6-11(20)7-9-12/h2-10H,1H3,(H,25,26,29). The van der Waals surface area contributed by atoms with Crippen LogP contribution in [0.5, 0.6) is 0 Å². The Bertz CT molecular complexity index is 1210. The van der Waals surface area contributed by atoms with Crippen LogP contribution in [0.1, 0.15) is 16.1 Å². The number of nitrogens with zero attached hydrogens (tertiary/aromatic N) is 4. The summed E-state index contributed by atoms with van der Waals surface area (Å²) in [5.41, 5.74) is -0.326. The van der Waals surface area contributed by atoms with Crippen LogP contribution in [-0.4, -0.2) is 25.2 Å². The molecule has 29 heavy (non-hydrogen) atoms. The molecule has 6 nitrogen and oxygen atoms in total. The molecule has 0 saturated heterocycles. The van der Waals surface area contributed by atoms with Gasteiger partial charge in [0.2, 0.25) is 5.95 Å². The first-order chi connectivity index (χ1) is 13.8. The average Bonchev–Trinajstić information content (AvgIpc) is 3.25. The van der Waals surface area contributed by atoms with Crippen molar-refractivity contribution in [3.05, 3.63) is 71.0 Å². The summed E-state index contributed by atoms with van der Waals surface area (Å²) in [5, 5.41) is 6.59. The lowest BCUT2D eigenvalue weighted by molar-refractivity contribution is -0.143. The molecule has 0 bridgehead atoms. The van der Waals surface area contributed by atoms with Crippen molar-refractivity contribution in [1.29, 1.82) is 0 Å². The van der Waals surface area contributed by atoms with Crippen molar-refractivity contribution >= 4 is 34.5 Å². The van der Waals surface area contributed by atoms with Crippen LogP contribution in [0.3, 0.4) is 0 Å². The van der Waals surface area contributed by atoms with E-state index in [2.05, 4.69) is 15.4 Å². The van der Waals surface area contributed by atoms with E-state index in [0.717, 1.165) is 11.7 Å². The minimum absolute atomic E-state index is 0.128. The highest BCUT2D eigenvalue weighted by molar-refractivity contribution is 6.30. The normalized spacial score (nSPS) is 11.8.